The topological polar surface area (TPSA) is 129 Å². The smallest absolute Gasteiger partial charge is 0.360 e. The van der Waals surface area contributed by atoms with Gasteiger partial charge in [0.15, 0.2) is 11.4 Å². The molecule has 2 aliphatic rings. The number of nitrogens with one attached hydrogen (secondary N) is 1. The zero-order valence-corrected chi connectivity index (χ0v) is 24.9. The predicted octanol–water partition coefficient (Wildman–Crippen LogP) is 2.98. The van der Waals surface area contributed by atoms with E-state index in [0.29, 0.717) is 19.1 Å². The Bertz CT molecular complexity index is 1550. The molecule has 2 aromatic carbocycles. The lowest BCUT2D eigenvalue weighted by molar-refractivity contribution is 0.0585. The minimum absolute atomic E-state index is 0. The number of hydrogen-bond acceptors (Lipinski definition) is 10. The first-order chi connectivity index (χ1) is 19.8. The van der Waals surface area contributed by atoms with Crippen LogP contribution in [0.5, 0.6) is 0 Å². The van der Waals surface area contributed by atoms with E-state index in [1.807, 2.05) is 0 Å². The molecule has 4 heterocycles. The Kier molecular flexibility index (Phi) is 10.0. The summed E-state index contributed by atoms with van der Waals surface area (Å²) in [5.41, 5.74) is 8.20. The van der Waals surface area contributed by atoms with E-state index in [1.54, 1.807) is 21.8 Å². The zero-order chi connectivity index (χ0) is 28.9. The van der Waals surface area contributed by atoms with Crippen LogP contribution in [0.25, 0.3) is 0 Å². The van der Waals surface area contributed by atoms with Crippen molar-refractivity contribution in [1.29, 1.82) is 0 Å². The van der Waals surface area contributed by atoms with Crippen LogP contribution in [0.2, 0.25) is 0 Å². The van der Waals surface area contributed by atoms with Gasteiger partial charge in [-0.1, -0.05) is 46.8 Å². The number of ether oxygens (including phenoxy) is 2. The normalized spacial score (nSPS) is 13.5. The highest BCUT2D eigenvalue weighted by atomic mass is 35.5. The summed E-state index contributed by atoms with van der Waals surface area (Å²) < 4.78 is 12.5. The second kappa shape index (κ2) is 13.7. The van der Waals surface area contributed by atoms with Crippen molar-refractivity contribution in [1.82, 2.24) is 40.2 Å². The Morgan fingerprint density at radius 2 is 1.29 bits per heavy atom. The fourth-order valence-electron chi connectivity index (χ4n) is 4.91. The molecular weight excluding hydrogens is 560 g/mol. The van der Waals surface area contributed by atoms with Gasteiger partial charge in [-0.05, 0) is 47.2 Å². The number of carbonyl (C=O) groups is 2. The van der Waals surface area contributed by atoms with Crippen molar-refractivity contribution in [3.8, 4) is 0 Å². The molecule has 0 aliphatic carbocycles. The quantitative estimate of drug-likeness (QED) is 0.319. The number of hydrogen-bond donors (Lipinski definition) is 1. The summed E-state index contributed by atoms with van der Waals surface area (Å²) in [7, 11) is 2.66. The van der Waals surface area contributed by atoms with Crippen molar-refractivity contribution in [2.45, 2.75) is 59.2 Å². The van der Waals surface area contributed by atoms with Gasteiger partial charge < -0.3 is 14.8 Å². The lowest BCUT2D eigenvalue weighted by atomic mass is 10.1. The molecule has 0 spiro atoms. The molecule has 2 aliphatic heterocycles. The lowest BCUT2D eigenvalue weighted by Crippen LogP contribution is -2.24. The maximum Gasteiger partial charge on any atom is 0.360 e. The number of nitrogens with zero attached hydrogens (tertiary/aromatic N) is 7. The molecule has 0 amide bonds. The highest BCUT2D eigenvalue weighted by Gasteiger charge is 2.21. The molecule has 0 saturated carbocycles. The van der Waals surface area contributed by atoms with Crippen LogP contribution in [0.4, 0.5) is 0 Å². The van der Waals surface area contributed by atoms with E-state index in [9.17, 15) is 9.59 Å². The van der Waals surface area contributed by atoms with Gasteiger partial charge >= 0.3 is 11.9 Å². The van der Waals surface area contributed by atoms with Crippen molar-refractivity contribution in [3.63, 3.8) is 0 Å². The standard InChI is InChI=1S/C16H20N4O2.C13H14N4O2.ClH/c1-11(2)19-8-13-5-4-12(6-14(13)9-19)7-20-10-15(17-18-20)16(21)22-3;1-19-13(18)12-8-17(16-15-12)7-9-2-3-10-5-14-6-11(10)4-9;/h4-6,10-11H,7-9H2,1-3H3;2-4,8,14H,5-7H2,1H3;1H. The third-order valence-corrected chi connectivity index (χ3v) is 7.20. The van der Waals surface area contributed by atoms with Crippen LogP contribution in [0.3, 0.4) is 0 Å². The SMILES string of the molecule is COC(=O)c1cn(Cc2ccc3c(c2)CN(C(C)C)C3)nn1.COC(=O)c1cn(Cc2ccc3c(c2)CNC3)nn1.Cl. The first-order valence-corrected chi connectivity index (χ1v) is 13.5. The summed E-state index contributed by atoms with van der Waals surface area (Å²) >= 11 is 0. The molecule has 0 fully saturated rings. The molecule has 12 nitrogen and oxygen atoms in total. The highest BCUT2D eigenvalue weighted by molar-refractivity contribution is 5.87. The molecule has 13 heteroatoms. The minimum atomic E-state index is -0.468. The molecule has 0 saturated heterocycles. The van der Waals surface area contributed by atoms with E-state index in [2.05, 4.69) is 90.6 Å². The van der Waals surface area contributed by atoms with Crippen LogP contribution in [-0.4, -0.2) is 67.1 Å². The Morgan fingerprint density at radius 3 is 1.83 bits per heavy atom. The van der Waals surface area contributed by atoms with Crippen LogP contribution >= 0.6 is 12.4 Å². The van der Waals surface area contributed by atoms with E-state index in [-0.39, 0.29) is 23.8 Å². The Hall–Kier alpha value is -4.13. The first kappa shape index (κ1) is 30.8. The zero-order valence-electron chi connectivity index (χ0n) is 24.1. The van der Waals surface area contributed by atoms with E-state index in [4.69, 9.17) is 0 Å². The summed E-state index contributed by atoms with van der Waals surface area (Å²) in [4.78, 5) is 25.1. The van der Waals surface area contributed by atoms with Crippen molar-refractivity contribution in [2.75, 3.05) is 14.2 Å². The van der Waals surface area contributed by atoms with Crippen LogP contribution in [0, 0.1) is 0 Å². The Labute approximate surface area is 250 Å². The molecule has 2 aromatic heterocycles. The fraction of sp³-hybridized carbons (Fsp3) is 0.379. The van der Waals surface area contributed by atoms with Crippen LogP contribution < -0.4 is 5.32 Å². The number of benzene rings is 2. The van der Waals surface area contributed by atoms with Crippen molar-refractivity contribution in [3.05, 3.63) is 93.6 Å². The Morgan fingerprint density at radius 1 is 0.786 bits per heavy atom. The largest absolute Gasteiger partial charge is 0.464 e. The van der Waals surface area contributed by atoms with E-state index in [0.717, 1.165) is 37.3 Å². The minimum Gasteiger partial charge on any atom is -0.464 e. The van der Waals surface area contributed by atoms with Crippen molar-refractivity contribution >= 4 is 24.3 Å². The maximum absolute atomic E-state index is 11.4. The molecule has 0 radical (unpaired) electrons. The summed E-state index contributed by atoms with van der Waals surface area (Å²) in [6, 6.07) is 13.4. The maximum atomic E-state index is 11.4. The van der Waals surface area contributed by atoms with Crippen molar-refractivity contribution in [2.24, 2.45) is 0 Å². The molecule has 1 N–H and O–H groups in total. The second-order valence-corrected chi connectivity index (χ2v) is 10.4. The number of esters is 2. The van der Waals surface area contributed by atoms with Crippen LogP contribution in [0.1, 0.15) is 68.2 Å². The van der Waals surface area contributed by atoms with Gasteiger partial charge in [0.25, 0.3) is 0 Å². The summed E-state index contributed by atoms with van der Waals surface area (Å²) in [5.74, 6) is -0.933. The molecule has 222 valence electrons. The molecule has 6 rings (SSSR count). The van der Waals surface area contributed by atoms with Gasteiger partial charge in [-0.3, -0.25) is 4.90 Å². The number of carbonyl (C=O) groups excluding carboxylic acids is 2. The molecule has 0 unspecified atom stereocenters. The molecular formula is C29H35ClN8O4. The van der Waals surface area contributed by atoms with Gasteiger partial charge in [-0.15, -0.1) is 22.6 Å². The second-order valence-electron chi connectivity index (χ2n) is 10.4. The number of rotatable bonds is 7. The summed E-state index contributed by atoms with van der Waals surface area (Å²) in [6.45, 7) is 9.48. The van der Waals surface area contributed by atoms with Gasteiger partial charge in [0.2, 0.25) is 0 Å². The molecule has 0 bridgehead atoms. The van der Waals surface area contributed by atoms with Crippen LogP contribution in [-0.2, 0) is 48.7 Å². The van der Waals surface area contributed by atoms with E-state index in [1.165, 1.54) is 36.5 Å². The highest BCUT2D eigenvalue weighted by Crippen LogP contribution is 2.25. The average molecular weight is 595 g/mol. The number of methoxy groups -OCH3 is 2. The van der Waals surface area contributed by atoms with Gasteiger partial charge in [0.1, 0.15) is 0 Å². The third kappa shape index (κ3) is 7.19. The van der Waals surface area contributed by atoms with Gasteiger partial charge in [-0.2, -0.15) is 0 Å². The lowest BCUT2D eigenvalue weighted by Gasteiger charge is -2.18. The molecule has 42 heavy (non-hydrogen) atoms. The Balaban J connectivity index is 0.000000190. The fourth-order valence-corrected chi connectivity index (χ4v) is 4.91. The third-order valence-electron chi connectivity index (χ3n) is 7.20. The predicted molar refractivity (Wildman–Crippen MR) is 156 cm³/mol. The van der Waals surface area contributed by atoms with Crippen molar-refractivity contribution < 1.29 is 19.1 Å². The number of aromatic nitrogens is 6. The van der Waals surface area contributed by atoms with Gasteiger partial charge in [0.05, 0.1) is 39.7 Å². The van der Waals surface area contributed by atoms with E-state index < -0.39 is 11.9 Å². The van der Waals surface area contributed by atoms with Gasteiger partial charge in [0, 0.05) is 32.2 Å². The monoisotopic (exact) mass is 594 g/mol. The van der Waals surface area contributed by atoms with Gasteiger partial charge in [-0.25, -0.2) is 19.0 Å². The summed E-state index contributed by atoms with van der Waals surface area (Å²) in [6.07, 6.45) is 3.21. The molecule has 0 atom stereocenters. The molecule has 4 aromatic rings. The first-order valence-electron chi connectivity index (χ1n) is 13.5. The van der Waals surface area contributed by atoms with E-state index >= 15 is 0 Å². The summed E-state index contributed by atoms with van der Waals surface area (Å²) in [5, 5.41) is 18.8. The number of halogens is 1. The number of fused-ring (bicyclic) bond motifs is 2. The van der Waals surface area contributed by atoms with Crippen LogP contribution in [0.15, 0.2) is 48.8 Å². The average Bonchev–Trinajstić information content (AvgIpc) is 3.79.